The second kappa shape index (κ2) is 7.07. The van der Waals surface area contributed by atoms with E-state index in [1.165, 1.54) is 6.07 Å². The maximum absolute atomic E-state index is 13.1. The van der Waals surface area contributed by atoms with Crippen LogP contribution in [0.2, 0.25) is 0 Å². The molecule has 1 aromatic rings. The van der Waals surface area contributed by atoms with Gasteiger partial charge in [0, 0.05) is 6.04 Å². The van der Waals surface area contributed by atoms with Crippen molar-refractivity contribution in [3.63, 3.8) is 0 Å². The monoisotopic (exact) mass is 270 g/mol. The Morgan fingerprint density at radius 2 is 1.89 bits per heavy atom. The number of urea groups is 1. The molecule has 2 atom stereocenters. The maximum atomic E-state index is 13.1. The zero-order valence-corrected chi connectivity index (χ0v) is 11.5. The number of benzene rings is 1. The molecule has 2 N–H and O–H groups in total. The first-order valence-corrected chi connectivity index (χ1v) is 6.46. The van der Waals surface area contributed by atoms with Crippen molar-refractivity contribution in [1.29, 1.82) is 0 Å². The van der Waals surface area contributed by atoms with Gasteiger partial charge in [-0.15, -0.1) is 0 Å². The molecule has 0 saturated heterocycles. The molecule has 0 aliphatic heterocycles. The predicted octanol–water partition coefficient (Wildman–Crippen LogP) is 3.51. The average Bonchev–Trinajstić information content (AvgIpc) is 2.32. The third-order valence-electron chi connectivity index (χ3n) is 2.89. The first-order chi connectivity index (χ1) is 8.93. The van der Waals surface area contributed by atoms with E-state index < -0.39 is 11.6 Å². The third-order valence-corrected chi connectivity index (χ3v) is 2.89. The van der Waals surface area contributed by atoms with Gasteiger partial charge in [-0.1, -0.05) is 19.4 Å². The molecule has 5 heteroatoms. The smallest absolute Gasteiger partial charge is 0.315 e. The van der Waals surface area contributed by atoms with Crippen molar-refractivity contribution in [3.05, 3.63) is 35.4 Å². The van der Waals surface area contributed by atoms with Gasteiger partial charge in [0.25, 0.3) is 0 Å². The molecular formula is C14H20F2N2O. The summed E-state index contributed by atoms with van der Waals surface area (Å²) in [7, 11) is 0. The van der Waals surface area contributed by atoms with Gasteiger partial charge in [0.1, 0.15) is 0 Å². The molecule has 0 saturated carbocycles. The topological polar surface area (TPSA) is 41.1 Å². The number of carbonyl (C=O) groups excluding carboxylic acids is 1. The van der Waals surface area contributed by atoms with Gasteiger partial charge in [0.05, 0.1) is 6.04 Å². The largest absolute Gasteiger partial charge is 0.336 e. The van der Waals surface area contributed by atoms with Crippen LogP contribution in [0.1, 0.15) is 45.2 Å². The number of hydrogen-bond donors (Lipinski definition) is 2. The van der Waals surface area contributed by atoms with Crippen molar-refractivity contribution in [2.45, 2.75) is 45.7 Å². The van der Waals surface area contributed by atoms with E-state index >= 15 is 0 Å². The van der Waals surface area contributed by atoms with Crippen LogP contribution >= 0.6 is 0 Å². The Labute approximate surface area is 112 Å². The molecule has 1 rings (SSSR count). The van der Waals surface area contributed by atoms with Crippen LogP contribution in [0.25, 0.3) is 0 Å². The molecule has 0 bridgehead atoms. The van der Waals surface area contributed by atoms with Crippen LogP contribution in [0.3, 0.4) is 0 Å². The number of nitrogens with one attached hydrogen (secondary N) is 2. The van der Waals surface area contributed by atoms with Crippen molar-refractivity contribution < 1.29 is 13.6 Å². The standard InChI is InChI=1S/C14H20F2N2O/c1-4-5-9(2)17-14(19)18-10(3)11-6-7-12(15)13(16)8-11/h6-10H,4-5H2,1-3H3,(H2,17,18,19)/t9-,10+/m1/s1. The van der Waals surface area contributed by atoms with E-state index in [4.69, 9.17) is 0 Å². The fraction of sp³-hybridized carbons (Fsp3) is 0.500. The summed E-state index contributed by atoms with van der Waals surface area (Å²) < 4.78 is 25.9. The van der Waals surface area contributed by atoms with Gasteiger partial charge in [-0.2, -0.15) is 0 Å². The van der Waals surface area contributed by atoms with Crippen molar-refractivity contribution in [2.75, 3.05) is 0 Å². The molecule has 0 aromatic heterocycles. The Morgan fingerprint density at radius 1 is 1.21 bits per heavy atom. The van der Waals surface area contributed by atoms with Crippen LogP contribution in [-0.2, 0) is 0 Å². The fourth-order valence-corrected chi connectivity index (χ4v) is 1.83. The Balaban J connectivity index is 2.56. The number of halogens is 2. The molecule has 0 aliphatic carbocycles. The van der Waals surface area contributed by atoms with E-state index in [1.807, 2.05) is 13.8 Å². The highest BCUT2D eigenvalue weighted by atomic mass is 19.2. The summed E-state index contributed by atoms with van der Waals surface area (Å²) in [6, 6.07) is 3.00. The van der Waals surface area contributed by atoms with E-state index in [1.54, 1.807) is 6.92 Å². The van der Waals surface area contributed by atoms with Gasteiger partial charge in [0.15, 0.2) is 11.6 Å². The van der Waals surface area contributed by atoms with Gasteiger partial charge in [-0.3, -0.25) is 0 Å². The molecule has 106 valence electrons. The number of amides is 2. The van der Waals surface area contributed by atoms with Gasteiger partial charge in [-0.25, -0.2) is 13.6 Å². The van der Waals surface area contributed by atoms with Gasteiger partial charge in [-0.05, 0) is 38.0 Å². The first-order valence-electron chi connectivity index (χ1n) is 6.46. The molecule has 3 nitrogen and oxygen atoms in total. The molecule has 0 spiro atoms. The number of carbonyl (C=O) groups is 1. The van der Waals surface area contributed by atoms with E-state index in [0.29, 0.717) is 5.56 Å². The van der Waals surface area contributed by atoms with Gasteiger partial charge < -0.3 is 10.6 Å². The molecule has 19 heavy (non-hydrogen) atoms. The number of rotatable bonds is 5. The molecule has 0 aliphatic rings. The summed E-state index contributed by atoms with van der Waals surface area (Å²) in [4.78, 5) is 11.7. The van der Waals surface area contributed by atoms with Gasteiger partial charge >= 0.3 is 6.03 Å². The summed E-state index contributed by atoms with van der Waals surface area (Å²) in [5.41, 5.74) is 0.525. The molecule has 0 fully saturated rings. The highest BCUT2D eigenvalue weighted by Crippen LogP contribution is 2.15. The molecule has 2 amide bonds. The van der Waals surface area contributed by atoms with Crippen molar-refractivity contribution in [3.8, 4) is 0 Å². The van der Waals surface area contributed by atoms with Crippen molar-refractivity contribution in [2.24, 2.45) is 0 Å². The van der Waals surface area contributed by atoms with E-state index in [0.717, 1.165) is 25.0 Å². The van der Waals surface area contributed by atoms with Crippen LogP contribution in [0.4, 0.5) is 13.6 Å². The zero-order valence-electron chi connectivity index (χ0n) is 11.5. The van der Waals surface area contributed by atoms with Gasteiger partial charge in [0.2, 0.25) is 0 Å². The quantitative estimate of drug-likeness (QED) is 0.844. The highest BCUT2D eigenvalue weighted by molar-refractivity contribution is 5.74. The normalized spacial score (nSPS) is 13.7. The average molecular weight is 270 g/mol. The Hall–Kier alpha value is -1.65. The summed E-state index contributed by atoms with van der Waals surface area (Å²) >= 11 is 0. The summed E-state index contributed by atoms with van der Waals surface area (Å²) in [6.45, 7) is 5.68. The fourth-order valence-electron chi connectivity index (χ4n) is 1.83. The second-order valence-corrected chi connectivity index (χ2v) is 4.70. The second-order valence-electron chi connectivity index (χ2n) is 4.70. The first kappa shape index (κ1) is 15.4. The molecule has 0 radical (unpaired) electrons. The minimum absolute atomic E-state index is 0.0853. The molecule has 0 unspecified atom stereocenters. The van der Waals surface area contributed by atoms with E-state index in [9.17, 15) is 13.6 Å². The molecular weight excluding hydrogens is 250 g/mol. The lowest BCUT2D eigenvalue weighted by atomic mass is 10.1. The summed E-state index contributed by atoms with van der Waals surface area (Å²) in [5, 5.41) is 5.48. The van der Waals surface area contributed by atoms with Crippen LogP contribution < -0.4 is 10.6 Å². The summed E-state index contributed by atoms with van der Waals surface area (Å²) in [6.07, 6.45) is 1.88. The maximum Gasteiger partial charge on any atom is 0.315 e. The zero-order chi connectivity index (χ0) is 14.4. The SMILES string of the molecule is CCC[C@@H](C)NC(=O)N[C@@H](C)c1ccc(F)c(F)c1. The minimum atomic E-state index is -0.911. The molecule has 1 aromatic carbocycles. The lowest BCUT2D eigenvalue weighted by Crippen LogP contribution is -2.41. The number of hydrogen-bond acceptors (Lipinski definition) is 1. The predicted molar refractivity (Wildman–Crippen MR) is 70.8 cm³/mol. The third kappa shape index (κ3) is 4.85. The highest BCUT2D eigenvalue weighted by Gasteiger charge is 2.13. The Kier molecular flexibility index (Phi) is 5.73. The Morgan fingerprint density at radius 3 is 2.47 bits per heavy atom. The Bertz CT molecular complexity index is 437. The van der Waals surface area contributed by atoms with Crippen LogP contribution in [0.5, 0.6) is 0 Å². The lowest BCUT2D eigenvalue weighted by Gasteiger charge is -2.18. The van der Waals surface area contributed by atoms with Crippen LogP contribution in [0, 0.1) is 11.6 Å². The van der Waals surface area contributed by atoms with E-state index in [-0.39, 0.29) is 18.1 Å². The van der Waals surface area contributed by atoms with Crippen molar-refractivity contribution >= 4 is 6.03 Å². The van der Waals surface area contributed by atoms with Crippen LogP contribution in [-0.4, -0.2) is 12.1 Å². The lowest BCUT2D eigenvalue weighted by molar-refractivity contribution is 0.234. The summed E-state index contributed by atoms with van der Waals surface area (Å²) in [5.74, 6) is -1.80. The van der Waals surface area contributed by atoms with E-state index in [2.05, 4.69) is 10.6 Å². The van der Waals surface area contributed by atoms with Crippen molar-refractivity contribution in [1.82, 2.24) is 10.6 Å². The van der Waals surface area contributed by atoms with Crippen LogP contribution in [0.15, 0.2) is 18.2 Å². The molecule has 0 heterocycles. The minimum Gasteiger partial charge on any atom is -0.336 e.